The lowest BCUT2D eigenvalue weighted by Crippen LogP contribution is -2.41. The van der Waals surface area contributed by atoms with Crippen LogP contribution in [0.5, 0.6) is 11.5 Å². The van der Waals surface area contributed by atoms with E-state index in [1.54, 1.807) is 62.8 Å². The molecule has 0 unspecified atom stereocenters. The van der Waals surface area contributed by atoms with Crippen molar-refractivity contribution in [3.63, 3.8) is 0 Å². The molecule has 42 heavy (non-hydrogen) atoms. The highest BCUT2D eigenvalue weighted by molar-refractivity contribution is 7.21. The fourth-order valence-electron chi connectivity index (χ4n) is 5.01. The number of ether oxygens (including phenoxy) is 2. The van der Waals surface area contributed by atoms with Crippen LogP contribution in [0.1, 0.15) is 54.7 Å². The van der Waals surface area contributed by atoms with E-state index in [4.69, 9.17) is 21.1 Å². The number of carbonyl (C=O) groups is 3. The van der Waals surface area contributed by atoms with Crippen molar-refractivity contribution in [1.29, 1.82) is 0 Å². The van der Waals surface area contributed by atoms with Gasteiger partial charge in [-0.15, -0.1) is 11.3 Å². The SMILES string of the molecule is COc1ccc2c(Cl)c(C(=O)NNC(=O)c3cccc(NC(=O)c4ccc(C5CCN(C)CC5)c(OC)c4)c3)sc2c1. The van der Waals surface area contributed by atoms with Gasteiger partial charge in [0.25, 0.3) is 17.7 Å². The van der Waals surface area contributed by atoms with Crippen molar-refractivity contribution in [3.05, 3.63) is 87.3 Å². The normalized spacial score (nSPS) is 13.9. The third-order valence-corrected chi connectivity index (χ3v) is 9.03. The molecule has 1 saturated heterocycles. The molecule has 1 aromatic heterocycles. The Kier molecular flexibility index (Phi) is 8.96. The van der Waals surface area contributed by atoms with Crippen molar-refractivity contribution >= 4 is 56.4 Å². The minimum absolute atomic E-state index is 0.246. The monoisotopic (exact) mass is 606 g/mol. The van der Waals surface area contributed by atoms with Crippen molar-refractivity contribution in [2.75, 3.05) is 39.7 Å². The number of hydrazine groups is 1. The molecule has 1 fully saturated rings. The maximum atomic E-state index is 13.1. The Morgan fingerprint density at radius 2 is 1.62 bits per heavy atom. The van der Waals surface area contributed by atoms with Gasteiger partial charge in [0.2, 0.25) is 0 Å². The van der Waals surface area contributed by atoms with Crippen LogP contribution < -0.4 is 25.6 Å². The number of methoxy groups -OCH3 is 2. The minimum atomic E-state index is -0.553. The number of hydrogen-bond donors (Lipinski definition) is 3. The Morgan fingerprint density at radius 3 is 2.36 bits per heavy atom. The number of piperidine rings is 1. The Hall–Kier alpha value is -4.12. The van der Waals surface area contributed by atoms with Gasteiger partial charge in [-0.25, -0.2) is 0 Å². The topological polar surface area (TPSA) is 109 Å². The average molecular weight is 607 g/mol. The Balaban J connectivity index is 1.22. The quantitative estimate of drug-likeness (QED) is 0.233. The van der Waals surface area contributed by atoms with Gasteiger partial charge in [-0.1, -0.05) is 23.7 Å². The molecule has 0 atom stereocenters. The summed E-state index contributed by atoms with van der Waals surface area (Å²) in [7, 11) is 5.30. The van der Waals surface area contributed by atoms with Gasteiger partial charge in [0.1, 0.15) is 16.4 Å². The fraction of sp³-hybridized carbons (Fsp3) is 0.258. The van der Waals surface area contributed by atoms with E-state index in [0.29, 0.717) is 33.7 Å². The van der Waals surface area contributed by atoms with Gasteiger partial charge >= 0.3 is 0 Å². The summed E-state index contributed by atoms with van der Waals surface area (Å²) in [6, 6.07) is 17.3. The number of benzene rings is 3. The van der Waals surface area contributed by atoms with Crippen molar-refractivity contribution in [3.8, 4) is 11.5 Å². The number of likely N-dealkylation sites (tertiary alicyclic amines) is 1. The predicted molar refractivity (Wildman–Crippen MR) is 165 cm³/mol. The second-order valence-electron chi connectivity index (χ2n) is 10.1. The lowest BCUT2D eigenvalue weighted by Gasteiger charge is -2.30. The summed E-state index contributed by atoms with van der Waals surface area (Å²) in [6.07, 6.45) is 2.08. The number of nitrogens with one attached hydrogen (secondary N) is 3. The van der Waals surface area contributed by atoms with E-state index in [1.807, 2.05) is 6.07 Å². The molecule has 4 aromatic rings. The molecule has 1 aliphatic rings. The summed E-state index contributed by atoms with van der Waals surface area (Å²) in [5, 5.41) is 3.85. The lowest BCUT2D eigenvalue weighted by molar-refractivity contribution is 0.0849. The van der Waals surface area contributed by atoms with Crippen molar-refractivity contribution in [1.82, 2.24) is 15.8 Å². The molecule has 9 nitrogen and oxygen atoms in total. The third-order valence-electron chi connectivity index (χ3n) is 7.37. The maximum Gasteiger partial charge on any atom is 0.281 e. The molecule has 5 rings (SSSR count). The molecular formula is C31H31ClN4O5S. The van der Waals surface area contributed by atoms with Gasteiger partial charge in [-0.3, -0.25) is 25.2 Å². The Bertz CT molecular complexity index is 1650. The summed E-state index contributed by atoms with van der Waals surface area (Å²) in [5.41, 5.74) is 7.06. The zero-order valence-corrected chi connectivity index (χ0v) is 25.0. The lowest BCUT2D eigenvalue weighted by atomic mass is 9.88. The Morgan fingerprint density at radius 1 is 0.881 bits per heavy atom. The molecule has 218 valence electrons. The smallest absolute Gasteiger partial charge is 0.281 e. The third kappa shape index (κ3) is 6.35. The summed E-state index contributed by atoms with van der Waals surface area (Å²) >= 11 is 7.61. The molecule has 0 bridgehead atoms. The number of rotatable bonds is 7. The summed E-state index contributed by atoms with van der Waals surface area (Å²) in [5.74, 6) is 0.306. The average Bonchev–Trinajstić information content (AvgIpc) is 3.35. The first kappa shape index (κ1) is 29.4. The number of hydrogen-bond acceptors (Lipinski definition) is 7. The molecule has 2 heterocycles. The highest BCUT2D eigenvalue weighted by atomic mass is 35.5. The first-order valence-corrected chi connectivity index (χ1v) is 14.6. The highest BCUT2D eigenvalue weighted by Crippen LogP contribution is 2.37. The zero-order valence-electron chi connectivity index (χ0n) is 23.5. The van der Waals surface area contributed by atoms with Gasteiger partial charge in [0, 0.05) is 26.9 Å². The van der Waals surface area contributed by atoms with Crippen LogP contribution in [-0.4, -0.2) is 57.0 Å². The van der Waals surface area contributed by atoms with E-state index in [9.17, 15) is 14.4 Å². The number of nitrogens with zero attached hydrogens (tertiary/aromatic N) is 1. The van der Waals surface area contributed by atoms with Crippen LogP contribution in [0.4, 0.5) is 5.69 Å². The van der Waals surface area contributed by atoms with Crippen LogP contribution in [0.25, 0.3) is 10.1 Å². The molecule has 3 N–H and O–H groups in total. The molecule has 0 aliphatic carbocycles. The molecule has 1 aliphatic heterocycles. The second kappa shape index (κ2) is 12.8. The van der Waals surface area contributed by atoms with Gasteiger partial charge in [0.15, 0.2) is 0 Å². The highest BCUT2D eigenvalue weighted by Gasteiger charge is 2.23. The summed E-state index contributed by atoms with van der Waals surface area (Å²) in [4.78, 5) is 41.2. The van der Waals surface area contributed by atoms with Crippen LogP contribution in [0, 0.1) is 0 Å². The number of carbonyl (C=O) groups excluding carboxylic acids is 3. The van der Waals surface area contributed by atoms with Crippen molar-refractivity contribution in [2.24, 2.45) is 0 Å². The summed E-state index contributed by atoms with van der Waals surface area (Å²) < 4.78 is 11.7. The maximum absolute atomic E-state index is 13.1. The molecule has 11 heteroatoms. The number of anilines is 1. The largest absolute Gasteiger partial charge is 0.497 e. The summed E-state index contributed by atoms with van der Waals surface area (Å²) in [6.45, 7) is 2.05. The van der Waals surface area contributed by atoms with Crippen LogP contribution in [-0.2, 0) is 0 Å². The standard InChI is InChI=1S/C31H31ClN4O5S/c1-36-13-11-18(12-14-36)23-9-7-20(16-25(23)41-3)29(37)33-21-6-4-5-19(15-21)30(38)34-35-31(39)28-27(32)24-10-8-22(40-2)17-26(24)42-28/h4-10,15-18H,11-14H2,1-3H3,(H,33,37)(H,34,38)(H,35,39). The van der Waals surface area contributed by atoms with Crippen LogP contribution >= 0.6 is 22.9 Å². The van der Waals surface area contributed by atoms with Crippen molar-refractivity contribution in [2.45, 2.75) is 18.8 Å². The zero-order chi connectivity index (χ0) is 29.8. The molecule has 0 saturated carbocycles. The van der Waals surface area contributed by atoms with E-state index in [-0.39, 0.29) is 16.3 Å². The van der Waals surface area contributed by atoms with E-state index < -0.39 is 11.8 Å². The van der Waals surface area contributed by atoms with Crippen LogP contribution in [0.3, 0.4) is 0 Å². The second-order valence-corrected chi connectivity index (χ2v) is 11.5. The fourth-order valence-corrected chi connectivity index (χ4v) is 6.45. The van der Waals surface area contributed by atoms with Gasteiger partial charge < -0.3 is 19.7 Å². The van der Waals surface area contributed by atoms with E-state index in [0.717, 1.165) is 41.6 Å². The predicted octanol–water partition coefficient (Wildman–Crippen LogP) is 5.71. The number of thiophene rings is 1. The first-order chi connectivity index (χ1) is 20.3. The minimum Gasteiger partial charge on any atom is -0.497 e. The number of halogens is 1. The molecule has 3 amide bonds. The number of fused-ring (bicyclic) bond motifs is 1. The number of amides is 3. The van der Waals surface area contributed by atoms with E-state index in [2.05, 4.69) is 28.1 Å². The van der Waals surface area contributed by atoms with Crippen LogP contribution in [0.15, 0.2) is 60.7 Å². The molecular weight excluding hydrogens is 576 g/mol. The van der Waals surface area contributed by atoms with Gasteiger partial charge in [-0.05, 0) is 93.0 Å². The van der Waals surface area contributed by atoms with Gasteiger partial charge in [-0.2, -0.15) is 0 Å². The van der Waals surface area contributed by atoms with Gasteiger partial charge in [0.05, 0.1) is 19.2 Å². The molecule has 0 spiro atoms. The first-order valence-electron chi connectivity index (χ1n) is 13.4. The van der Waals surface area contributed by atoms with E-state index >= 15 is 0 Å². The molecule has 0 radical (unpaired) electrons. The van der Waals surface area contributed by atoms with E-state index in [1.165, 1.54) is 17.4 Å². The Labute approximate surface area is 252 Å². The van der Waals surface area contributed by atoms with Crippen molar-refractivity contribution < 1.29 is 23.9 Å². The van der Waals surface area contributed by atoms with Crippen LogP contribution in [0.2, 0.25) is 5.02 Å². The molecule has 3 aromatic carbocycles.